The van der Waals surface area contributed by atoms with Crippen molar-refractivity contribution in [3.8, 4) is 11.5 Å². The fraction of sp³-hybridized carbons (Fsp3) is 0.588. The van der Waals surface area contributed by atoms with Crippen LogP contribution < -0.4 is 15.4 Å². The van der Waals surface area contributed by atoms with Crippen molar-refractivity contribution in [1.82, 2.24) is 15.5 Å². The molecule has 0 aliphatic carbocycles. The Hall–Kier alpha value is -2.03. The quantitative estimate of drug-likeness (QED) is 0.493. The minimum Gasteiger partial charge on any atom is -0.508 e. The molecule has 0 unspecified atom stereocenters. The van der Waals surface area contributed by atoms with Crippen molar-refractivity contribution in [2.24, 2.45) is 0 Å². The van der Waals surface area contributed by atoms with Gasteiger partial charge in [-0.1, -0.05) is 0 Å². The van der Waals surface area contributed by atoms with E-state index in [1.165, 1.54) is 0 Å². The number of hydrogen-bond acceptors (Lipinski definition) is 6. The first-order valence-corrected chi connectivity index (χ1v) is 8.48. The van der Waals surface area contributed by atoms with Crippen LogP contribution in [0.15, 0.2) is 18.2 Å². The molecule has 140 valence electrons. The number of morpholine rings is 1. The van der Waals surface area contributed by atoms with E-state index in [4.69, 9.17) is 9.47 Å². The molecule has 1 saturated heterocycles. The molecule has 1 aromatic carbocycles. The summed E-state index contributed by atoms with van der Waals surface area (Å²) in [6.07, 6.45) is -0.663. The fourth-order valence-corrected chi connectivity index (χ4v) is 2.37. The van der Waals surface area contributed by atoms with Crippen molar-refractivity contribution in [2.45, 2.75) is 13.0 Å². The molecule has 0 radical (unpaired) electrons. The van der Waals surface area contributed by atoms with E-state index in [0.29, 0.717) is 51.7 Å². The number of amides is 2. The monoisotopic (exact) mass is 353 g/mol. The van der Waals surface area contributed by atoms with E-state index >= 15 is 0 Å². The zero-order valence-corrected chi connectivity index (χ0v) is 14.5. The number of aliphatic hydroxyl groups is 1. The summed E-state index contributed by atoms with van der Waals surface area (Å²) in [6.45, 7) is 5.74. The average Bonchev–Trinajstić information content (AvgIpc) is 2.63. The number of carbonyl (C=O) groups excluding carboxylic acids is 1. The molecular formula is C17H27N3O5. The summed E-state index contributed by atoms with van der Waals surface area (Å²) < 4.78 is 10.7. The summed E-state index contributed by atoms with van der Waals surface area (Å²) in [4.78, 5) is 13.6. The summed E-state index contributed by atoms with van der Waals surface area (Å²) in [6, 6.07) is 4.85. The molecule has 2 rings (SSSR count). The molecule has 0 saturated carbocycles. The van der Waals surface area contributed by atoms with Gasteiger partial charge in [0.2, 0.25) is 0 Å². The Morgan fingerprint density at radius 3 is 2.84 bits per heavy atom. The van der Waals surface area contributed by atoms with Crippen LogP contribution in [-0.4, -0.2) is 79.8 Å². The van der Waals surface area contributed by atoms with Gasteiger partial charge in [0.1, 0.15) is 24.2 Å². The van der Waals surface area contributed by atoms with Gasteiger partial charge in [-0.25, -0.2) is 4.79 Å². The van der Waals surface area contributed by atoms with Crippen LogP contribution in [0.25, 0.3) is 0 Å². The minimum absolute atomic E-state index is 0.0864. The molecule has 1 fully saturated rings. The first kappa shape index (κ1) is 19.3. The minimum atomic E-state index is -0.663. The maximum absolute atomic E-state index is 11.9. The highest BCUT2D eigenvalue weighted by atomic mass is 16.5. The summed E-state index contributed by atoms with van der Waals surface area (Å²) in [5, 5.41) is 25.3. The SMILES string of the molecule is Cc1cc(OC[C@@H](O)CNCCNC(=O)N2CCOCC2)ccc1O. The second kappa shape index (κ2) is 10.1. The third-order valence-corrected chi connectivity index (χ3v) is 3.87. The number of nitrogens with zero attached hydrogens (tertiary/aromatic N) is 1. The molecular weight excluding hydrogens is 326 g/mol. The number of carbonyl (C=O) groups is 1. The lowest BCUT2D eigenvalue weighted by atomic mass is 10.2. The van der Waals surface area contributed by atoms with Gasteiger partial charge in [-0.3, -0.25) is 0 Å². The van der Waals surface area contributed by atoms with Gasteiger partial charge in [0.15, 0.2) is 0 Å². The molecule has 0 aromatic heterocycles. The number of aryl methyl sites for hydroxylation is 1. The van der Waals surface area contributed by atoms with Gasteiger partial charge in [-0.05, 0) is 30.7 Å². The van der Waals surface area contributed by atoms with Crippen LogP contribution in [0.3, 0.4) is 0 Å². The molecule has 8 nitrogen and oxygen atoms in total. The molecule has 1 aliphatic heterocycles. The van der Waals surface area contributed by atoms with Crippen molar-refractivity contribution < 1.29 is 24.5 Å². The zero-order valence-electron chi connectivity index (χ0n) is 14.5. The maximum atomic E-state index is 11.9. The van der Waals surface area contributed by atoms with Crippen LogP contribution in [0.1, 0.15) is 5.56 Å². The first-order chi connectivity index (χ1) is 12.1. The molecule has 8 heteroatoms. The molecule has 0 bridgehead atoms. The Labute approximate surface area is 147 Å². The third kappa shape index (κ3) is 6.77. The fourth-order valence-electron chi connectivity index (χ4n) is 2.37. The Balaban J connectivity index is 1.53. The van der Waals surface area contributed by atoms with Crippen LogP contribution >= 0.6 is 0 Å². The summed E-state index contributed by atoms with van der Waals surface area (Å²) in [5.41, 5.74) is 0.723. The number of phenols is 1. The average molecular weight is 353 g/mol. The van der Waals surface area contributed by atoms with Crippen LogP contribution in [0.5, 0.6) is 11.5 Å². The molecule has 0 spiro atoms. The summed E-state index contributed by atoms with van der Waals surface area (Å²) in [5.74, 6) is 0.820. The Bertz CT molecular complexity index is 549. The highest BCUT2D eigenvalue weighted by Gasteiger charge is 2.15. The van der Waals surface area contributed by atoms with Gasteiger partial charge >= 0.3 is 6.03 Å². The number of hydrogen-bond donors (Lipinski definition) is 4. The number of benzene rings is 1. The number of ether oxygens (including phenoxy) is 2. The van der Waals surface area contributed by atoms with Gasteiger partial charge in [-0.15, -0.1) is 0 Å². The number of phenolic OH excluding ortho intramolecular Hbond substituents is 1. The third-order valence-electron chi connectivity index (χ3n) is 3.87. The molecule has 1 heterocycles. The lowest BCUT2D eigenvalue weighted by Gasteiger charge is -2.27. The highest BCUT2D eigenvalue weighted by molar-refractivity contribution is 5.74. The zero-order chi connectivity index (χ0) is 18.1. The second-order valence-electron chi connectivity index (χ2n) is 5.95. The van der Waals surface area contributed by atoms with Crippen LogP contribution in [-0.2, 0) is 4.74 Å². The van der Waals surface area contributed by atoms with Crippen LogP contribution in [0, 0.1) is 6.92 Å². The summed E-state index contributed by atoms with van der Waals surface area (Å²) in [7, 11) is 0. The van der Waals surface area contributed by atoms with E-state index in [9.17, 15) is 15.0 Å². The normalized spacial score (nSPS) is 15.7. The second-order valence-corrected chi connectivity index (χ2v) is 5.95. The van der Waals surface area contributed by atoms with Gasteiger partial charge in [-0.2, -0.15) is 0 Å². The highest BCUT2D eigenvalue weighted by Crippen LogP contribution is 2.21. The molecule has 1 aliphatic rings. The number of aromatic hydroxyl groups is 1. The predicted octanol–water partition coefficient (Wildman–Crippen LogP) is 0.0717. The molecule has 1 atom stereocenters. The van der Waals surface area contributed by atoms with E-state index < -0.39 is 6.10 Å². The number of nitrogens with one attached hydrogen (secondary N) is 2. The van der Waals surface area contributed by atoms with E-state index in [2.05, 4.69) is 10.6 Å². The predicted molar refractivity (Wildman–Crippen MR) is 93.0 cm³/mol. The van der Waals surface area contributed by atoms with Crippen LogP contribution in [0.4, 0.5) is 4.79 Å². The first-order valence-electron chi connectivity index (χ1n) is 8.48. The Morgan fingerprint density at radius 1 is 1.36 bits per heavy atom. The van der Waals surface area contributed by atoms with Gasteiger partial charge in [0.05, 0.1) is 13.2 Å². The van der Waals surface area contributed by atoms with E-state index in [-0.39, 0.29) is 18.4 Å². The van der Waals surface area contributed by atoms with Crippen molar-refractivity contribution in [3.05, 3.63) is 23.8 Å². The Kier molecular flexibility index (Phi) is 7.77. The molecule has 4 N–H and O–H groups in total. The molecule has 2 amide bonds. The van der Waals surface area contributed by atoms with Crippen LogP contribution in [0.2, 0.25) is 0 Å². The Morgan fingerprint density at radius 2 is 2.12 bits per heavy atom. The standard InChI is InChI=1S/C17H27N3O5/c1-13-10-15(2-3-16(13)22)25-12-14(21)11-18-4-5-19-17(23)20-6-8-24-9-7-20/h2-3,10,14,18,21-22H,4-9,11-12H2,1H3,(H,19,23)/t14-/m0/s1. The van der Waals surface area contributed by atoms with E-state index in [1.807, 2.05) is 0 Å². The van der Waals surface area contributed by atoms with Crippen molar-refractivity contribution in [3.63, 3.8) is 0 Å². The maximum Gasteiger partial charge on any atom is 0.317 e. The van der Waals surface area contributed by atoms with Gasteiger partial charge in [0.25, 0.3) is 0 Å². The van der Waals surface area contributed by atoms with Gasteiger partial charge in [0, 0.05) is 32.7 Å². The van der Waals surface area contributed by atoms with Crippen molar-refractivity contribution in [2.75, 3.05) is 52.5 Å². The number of aliphatic hydroxyl groups excluding tert-OH is 1. The molecule has 1 aromatic rings. The van der Waals surface area contributed by atoms with E-state index in [1.54, 1.807) is 30.0 Å². The van der Waals surface area contributed by atoms with E-state index in [0.717, 1.165) is 5.56 Å². The van der Waals surface area contributed by atoms with Gasteiger partial charge < -0.3 is 35.2 Å². The lowest BCUT2D eigenvalue weighted by Crippen LogP contribution is -2.47. The molecule has 25 heavy (non-hydrogen) atoms. The van der Waals surface area contributed by atoms with Crippen molar-refractivity contribution in [1.29, 1.82) is 0 Å². The summed E-state index contributed by atoms with van der Waals surface area (Å²) >= 11 is 0. The topological polar surface area (TPSA) is 103 Å². The number of urea groups is 1. The largest absolute Gasteiger partial charge is 0.508 e. The number of rotatable bonds is 8. The lowest BCUT2D eigenvalue weighted by molar-refractivity contribution is 0.0532. The van der Waals surface area contributed by atoms with Crippen molar-refractivity contribution >= 4 is 6.03 Å². The smallest absolute Gasteiger partial charge is 0.317 e.